The molecule has 0 bridgehead atoms. The number of ether oxygens (including phenoxy) is 2. The van der Waals surface area contributed by atoms with Gasteiger partial charge in [0.15, 0.2) is 6.61 Å². The zero-order chi connectivity index (χ0) is 19.3. The Morgan fingerprint density at radius 1 is 1.15 bits per heavy atom. The van der Waals surface area contributed by atoms with Gasteiger partial charge in [-0.25, -0.2) is 9.59 Å². The number of amides is 1. The van der Waals surface area contributed by atoms with Crippen LogP contribution < -0.4 is 5.32 Å². The average Bonchev–Trinajstić information content (AvgIpc) is 3.16. The van der Waals surface area contributed by atoms with Crippen molar-refractivity contribution in [3.8, 4) is 0 Å². The lowest BCUT2D eigenvalue weighted by Crippen LogP contribution is -2.21. The summed E-state index contributed by atoms with van der Waals surface area (Å²) < 4.78 is 15.1. The molecule has 8 heteroatoms. The van der Waals surface area contributed by atoms with E-state index in [1.54, 1.807) is 13.8 Å². The van der Waals surface area contributed by atoms with Gasteiger partial charge in [0.2, 0.25) is 0 Å². The lowest BCUT2D eigenvalue weighted by atomic mass is 10.1. The number of carbonyl (C=O) groups excluding carboxylic acids is 3. The quantitative estimate of drug-likeness (QED) is 0.740. The largest absolute Gasteiger partial charge is 0.469 e. The van der Waals surface area contributed by atoms with E-state index in [1.165, 1.54) is 23.7 Å². The molecule has 0 fully saturated rings. The molecule has 0 aliphatic heterocycles. The molecule has 2 heterocycles. The van der Waals surface area contributed by atoms with Crippen LogP contribution >= 0.6 is 11.3 Å². The monoisotopic (exact) mass is 379 g/mol. The van der Waals surface area contributed by atoms with Crippen molar-refractivity contribution in [1.29, 1.82) is 0 Å². The van der Waals surface area contributed by atoms with Crippen molar-refractivity contribution >= 4 is 34.2 Å². The molecule has 0 aliphatic carbocycles. The number of nitrogens with one attached hydrogen (secondary N) is 1. The highest BCUT2D eigenvalue weighted by atomic mass is 32.1. The molecule has 0 aliphatic rings. The number of carbonyl (C=O) groups is 3. The van der Waals surface area contributed by atoms with Crippen LogP contribution in [0.15, 0.2) is 16.7 Å². The molecule has 0 aromatic carbocycles. The molecule has 0 spiro atoms. The lowest BCUT2D eigenvalue weighted by molar-refractivity contribution is -0.119. The summed E-state index contributed by atoms with van der Waals surface area (Å²) in [4.78, 5) is 37.2. The molecule has 1 amide bonds. The summed E-state index contributed by atoms with van der Waals surface area (Å²) in [5.74, 6) is -1.24. The number of rotatable bonds is 7. The smallest absolute Gasteiger partial charge is 0.342 e. The second kappa shape index (κ2) is 8.66. The summed E-state index contributed by atoms with van der Waals surface area (Å²) in [6.45, 7) is 6.90. The molecule has 140 valence electrons. The maximum absolute atomic E-state index is 12.2. The lowest BCUT2D eigenvalue weighted by Gasteiger charge is -2.07. The Bertz CT molecular complexity index is 820. The van der Waals surface area contributed by atoms with Crippen LogP contribution in [0.25, 0.3) is 0 Å². The van der Waals surface area contributed by atoms with Crippen LogP contribution in [0.3, 0.4) is 0 Å². The topological polar surface area (TPSA) is 94.8 Å². The summed E-state index contributed by atoms with van der Waals surface area (Å²) in [6.07, 6.45) is 2.10. The van der Waals surface area contributed by atoms with Crippen LogP contribution in [-0.2, 0) is 20.7 Å². The van der Waals surface area contributed by atoms with Gasteiger partial charge >= 0.3 is 11.9 Å². The fraction of sp³-hybridized carbons (Fsp3) is 0.389. The fourth-order valence-corrected chi connectivity index (χ4v) is 3.55. The van der Waals surface area contributed by atoms with Gasteiger partial charge in [-0.15, -0.1) is 11.3 Å². The molecule has 2 rings (SSSR count). The van der Waals surface area contributed by atoms with Crippen LogP contribution in [0.2, 0.25) is 0 Å². The van der Waals surface area contributed by atoms with Gasteiger partial charge < -0.3 is 19.2 Å². The number of hydrogen-bond acceptors (Lipinski definition) is 7. The van der Waals surface area contributed by atoms with Gasteiger partial charge in [0, 0.05) is 4.88 Å². The molecular weight excluding hydrogens is 358 g/mol. The Morgan fingerprint density at radius 2 is 1.88 bits per heavy atom. The maximum atomic E-state index is 12.2. The van der Waals surface area contributed by atoms with Gasteiger partial charge in [-0.05, 0) is 38.8 Å². The predicted molar refractivity (Wildman–Crippen MR) is 96.7 cm³/mol. The van der Waals surface area contributed by atoms with Gasteiger partial charge in [-0.3, -0.25) is 4.79 Å². The Kier molecular flexibility index (Phi) is 6.57. The number of furan rings is 1. The summed E-state index contributed by atoms with van der Waals surface area (Å²) in [5.41, 5.74) is 1.40. The molecule has 0 radical (unpaired) electrons. The fourth-order valence-electron chi connectivity index (χ4n) is 2.40. The minimum absolute atomic E-state index is 0.241. The Labute approximate surface area is 155 Å². The van der Waals surface area contributed by atoms with E-state index < -0.39 is 24.5 Å². The van der Waals surface area contributed by atoms with Crippen molar-refractivity contribution in [2.75, 3.05) is 18.5 Å². The van der Waals surface area contributed by atoms with Crippen molar-refractivity contribution in [2.45, 2.75) is 34.1 Å². The third-order valence-electron chi connectivity index (χ3n) is 3.71. The zero-order valence-electron chi connectivity index (χ0n) is 15.1. The number of thiophene rings is 1. The first-order valence-electron chi connectivity index (χ1n) is 8.19. The average molecular weight is 379 g/mol. The normalized spacial score (nSPS) is 10.5. The van der Waals surface area contributed by atoms with Crippen molar-refractivity contribution < 1.29 is 28.3 Å². The van der Waals surface area contributed by atoms with E-state index >= 15 is 0 Å². The molecule has 0 unspecified atom stereocenters. The first kappa shape index (κ1) is 19.7. The van der Waals surface area contributed by atoms with Crippen LogP contribution in [0, 0.1) is 13.8 Å². The molecule has 0 saturated carbocycles. The summed E-state index contributed by atoms with van der Waals surface area (Å²) in [5, 5.41) is 3.04. The van der Waals surface area contributed by atoms with Crippen LogP contribution in [-0.4, -0.2) is 31.1 Å². The number of hydrogen-bond donors (Lipinski definition) is 1. The number of esters is 2. The molecule has 7 nitrogen and oxygen atoms in total. The highest BCUT2D eigenvalue weighted by molar-refractivity contribution is 7.17. The highest BCUT2D eigenvalue weighted by Crippen LogP contribution is 2.34. The zero-order valence-corrected chi connectivity index (χ0v) is 16.0. The summed E-state index contributed by atoms with van der Waals surface area (Å²) in [7, 11) is 0. The SMILES string of the molecule is CCOC(=O)c1c(NC(=O)COC(=O)c2ccoc2C)sc(CC)c1C. The van der Waals surface area contributed by atoms with Crippen molar-refractivity contribution in [3.63, 3.8) is 0 Å². The molecule has 1 N–H and O–H groups in total. The standard InChI is InChI=1S/C18H21NO6S/c1-5-13-10(3)15(18(22)23-6-2)16(26-13)19-14(20)9-25-17(21)12-7-8-24-11(12)4/h7-8H,5-6,9H2,1-4H3,(H,19,20). The van der Waals surface area contributed by atoms with E-state index in [-0.39, 0.29) is 12.2 Å². The Morgan fingerprint density at radius 3 is 2.46 bits per heavy atom. The molecule has 2 aromatic rings. The minimum Gasteiger partial charge on any atom is -0.469 e. The molecule has 26 heavy (non-hydrogen) atoms. The van der Waals surface area contributed by atoms with E-state index in [4.69, 9.17) is 13.9 Å². The van der Waals surface area contributed by atoms with Crippen molar-refractivity contribution in [2.24, 2.45) is 0 Å². The molecule has 2 aromatic heterocycles. The Hall–Kier alpha value is -2.61. The predicted octanol–water partition coefficient (Wildman–Crippen LogP) is 3.49. The molecular formula is C18H21NO6S. The highest BCUT2D eigenvalue weighted by Gasteiger charge is 2.23. The Balaban J connectivity index is 2.07. The second-order valence-corrected chi connectivity index (χ2v) is 6.55. The third-order valence-corrected chi connectivity index (χ3v) is 5.06. The van der Waals surface area contributed by atoms with Gasteiger partial charge in [0.05, 0.1) is 18.4 Å². The van der Waals surface area contributed by atoms with Crippen molar-refractivity contribution in [3.05, 3.63) is 39.7 Å². The third kappa shape index (κ3) is 4.32. The first-order chi connectivity index (χ1) is 12.4. The van der Waals surface area contributed by atoms with E-state index in [2.05, 4.69) is 5.32 Å². The van der Waals surface area contributed by atoms with Gasteiger partial charge in [0.25, 0.3) is 5.91 Å². The van der Waals surface area contributed by atoms with Gasteiger partial charge in [-0.1, -0.05) is 6.92 Å². The van der Waals surface area contributed by atoms with E-state index in [1.807, 2.05) is 13.8 Å². The minimum atomic E-state index is -0.645. The number of aryl methyl sites for hydroxylation is 2. The number of anilines is 1. The molecule has 0 atom stereocenters. The second-order valence-electron chi connectivity index (χ2n) is 5.44. The molecule has 0 saturated heterocycles. The van der Waals surface area contributed by atoms with E-state index in [0.717, 1.165) is 16.9 Å². The van der Waals surface area contributed by atoms with Gasteiger partial charge in [0.1, 0.15) is 16.3 Å². The summed E-state index contributed by atoms with van der Waals surface area (Å²) in [6, 6.07) is 1.48. The van der Waals surface area contributed by atoms with Crippen LogP contribution in [0.5, 0.6) is 0 Å². The van der Waals surface area contributed by atoms with Crippen LogP contribution in [0.1, 0.15) is 50.8 Å². The van der Waals surface area contributed by atoms with Crippen molar-refractivity contribution in [1.82, 2.24) is 0 Å². The summed E-state index contributed by atoms with van der Waals surface area (Å²) >= 11 is 1.31. The van der Waals surface area contributed by atoms with E-state index in [0.29, 0.717) is 16.3 Å². The van der Waals surface area contributed by atoms with Crippen LogP contribution in [0.4, 0.5) is 5.00 Å². The maximum Gasteiger partial charge on any atom is 0.342 e. The van der Waals surface area contributed by atoms with Gasteiger partial charge in [-0.2, -0.15) is 0 Å². The van der Waals surface area contributed by atoms with E-state index in [9.17, 15) is 14.4 Å². The first-order valence-corrected chi connectivity index (χ1v) is 9.01.